The number of nitrogens with zero attached hydrogens (tertiary/aromatic N) is 3. The zero-order valence-corrected chi connectivity index (χ0v) is 20.3. The number of hydrogen-bond acceptors (Lipinski definition) is 10. The highest BCUT2D eigenvalue weighted by Crippen LogP contribution is 2.15. The van der Waals surface area contributed by atoms with E-state index in [4.69, 9.17) is 26.7 Å². The molecule has 2 heterocycles. The minimum absolute atomic E-state index is 0.00164. The number of fused-ring (bicyclic) bond motifs is 1. The van der Waals surface area contributed by atoms with Crippen molar-refractivity contribution in [3.63, 3.8) is 0 Å². The number of nitrogens with two attached hydrogens (primary N) is 3. The van der Waals surface area contributed by atoms with Gasteiger partial charge in [-0.3, -0.25) is 19.4 Å². The lowest BCUT2D eigenvalue weighted by Crippen LogP contribution is -2.39. The van der Waals surface area contributed by atoms with Gasteiger partial charge in [0.25, 0.3) is 5.56 Å². The van der Waals surface area contributed by atoms with Crippen molar-refractivity contribution in [1.29, 1.82) is 0 Å². The van der Waals surface area contributed by atoms with Gasteiger partial charge in [-0.15, -0.1) is 0 Å². The quantitative estimate of drug-likeness (QED) is 0.294. The van der Waals surface area contributed by atoms with Gasteiger partial charge in [-0.05, 0) is 18.3 Å². The molecule has 0 aliphatic rings. The Morgan fingerprint density at radius 2 is 1.68 bits per heavy atom. The van der Waals surface area contributed by atoms with Gasteiger partial charge in [-0.25, -0.2) is 4.98 Å². The maximum Gasteiger partial charge on any atom is 0.323 e. The predicted octanol–water partition coefficient (Wildman–Crippen LogP) is 0.541. The zero-order chi connectivity index (χ0) is 25.4. The van der Waals surface area contributed by atoms with E-state index < -0.39 is 29.6 Å². The molecule has 5 atom stereocenters. The molecule has 0 saturated heterocycles. The van der Waals surface area contributed by atoms with E-state index in [1.807, 2.05) is 27.7 Å². The molecule has 7 N–H and O–H groups in total. The van der Waals surface area contributed by atoms with Gasteiger partial charge in [-0.2, -0.15) is 4.98 Å². The SMILES string of the molecule is CC[C@H](C)[C@H](N)C(=O)OCCC(COC(=O)[C@@H](N)[C@@H](C)CC)Cn1cnc2c(=O)[nH]c(N)nc21. The topological polar surface area (TPSA) is 194 Å². The highest BCUT2D eigenvalue weighted by Gasteiger charge is 2.24. The average molecular weight is 480 g/mol. The molecule has 0 amide bonds. The van der Waals surface area contributed by atoms with E-state index in [2.05, 4.69) is 15.0 Å². The van der Waals surface area contributed by atoms with Crippen LogP contribution in [0.1, 0.15) is 47.0 Å². The molecule has 0 spiro atoms. The lowest BCUT2D eigenvalue weighted by molar-refractivity contribution is -0.150. The summed E-state index contributed by atoms with van der Waals surface area (Å²) in [6.07, 6.45) is 3.35. The average Bonchev–Trinajstić information content (AvgIpc) is 3.22. The Hall–Kier alpha value is -2.99. The fourth-order valence-electron chi connectivity index (χ4n) is 3.30. The number of ether oxygens (including phenoxy) is 2. The summed E-state index contributed by atoms with van der Waals surface area (Å²) in [6, 6.07) is -1.43. The minimum Gasteiger partial charge on any atom is -0.465 e. The maximum atomic E-state index is 12.4. The Morgan fingerprint density at radius 1 is 1.09 bits per heavy atom. The Balaban J connectivity index is 2.11. The molecule has 0 fully saturated rings. The molecular weight excluding hydrogens is 442 g/mol. The van der Waals surface area contributed by atoms with Crippen LogP contribution in [0, 0.1) is 17.8 Å². The van der Waals surface area contributed by atoms with Crippen LogP contribution in [0.5, 0.6) is 0 Å². The van der Waals surface area contributed by atoms with Crippen molar-refractivity contribution in [2.45, 2.75) is 65.6 Å². The molecule has 12 heteroatoms. The summed E-state index contributed by atoms with van der Waals surface area (Å²) >= 11 is 0. The van der Waals surface area contributed by atoms with Crippen LogP contribution in [-0.2, 0) is 25.6 Å². The van der Waals surface area contributed by atoms with Crippen molar-refractivity contribution in [1.82, 2.24) is 19.5 Å². The number of carbonyl (C=O) groups excluding carboxylic acids is 2. The Morgan fingerprint density at radius 3 is 2.26 bits per heavy atom. The van der Waals surface area contributed by atoms with Gasteiger partial charge in [0.1, 0.15) is 12.1 Å². The number of rotatable bonds is 13. The van der Waals surface area contributed by atoms with Crippen LogP contribution in [0.4, 0.5) is 5.95 Å². The van der Waals surface area contributed by atoms with Crippen LogP contribution in [0.2, 0.25) is 0 Å². The Labute approximate surface area is 198 Å². The normalized spacial score (nSPS) is 15.9. The molecule has 1 unspecified atom stereocenters. The van der Waals surface area contributed by atoms with Crippen molar-refractivity contribution >= 4 is 29.1 Å². The predicted molar refractivity (Wildman–Crippen MR) is 127 cm³/mol. The molecular formula is C22H37N7O5. The van der Waals surface area contributed by atoms with Gasteiger partial charge in [-0.1, -0.05) is 40.5 Å². The minimum atomic E-state index is -0.730. The number of nitrogens with one attached hydrogen (secondary N) is 1. The number of H-pyrrole nitrogens is 1. The third-order valence-corrected chi connectivity index (χ3v) is 6.24. The van der Waals surface area contributed by atoms with Crippen LogP contribution in [0.15, 0.2) is 11.1 Å². The lowest BCUT2D eigenvalue weighted by Gasteiger charge is -2.22. The third kappa shape index (κ3) is 7.00. The summed E-state index contributed by atoms with van der Waals surface area (Å²) in [5.41, 5.74) is 17.6. The second kappa shape index (κ2) is 12.5. The van der Waals surface area contributed by atoms with E-state index in [1.54, 1.807) is 4.57 Å². The van der Waals surface area contributed by atoms with E-state index in [0.29, 0.717) is 18.6 Å². The first kappa shape index (κ1) is 27.3. The fourth-order valence-corrected chi connectivity index (χ4v) is 3.30. The third-order valence-electron chi connectivity index (χ3n) is 6.24. The number of esters is 2. The highest BCUT2D eigenvalue weighted by molar-refractivity contribution is 5.76. The number of nitrogen functional groups attached to an aromatic ring is 1. The number of anilines is 1. The molecule has 0 bridgehead atoms. The lowest BCUT2D eigenvalue weighted by atomic mass is 10.00. The first-order valence-electron chi connectivity index (χ1n) is 11.6. The number of aromatic nitrogens is 4. The van der Waals surface area contributed by atoms with Crippen molar-refractivity contribution in [3.05, 3.63) is 16.7 Å². The molecule has 0 aliphatic carbocycles. The van der Waals surface area contributed by atoms with Gasteiger partial charge in [0.2, 0.25) is 5.95 Å². The molecule has 0 radical (unpaired) electrons. The molecule has 0 saturated carbocycles. The van der Waals surface area contributed by atoms with E-state index in [9.17, 15) is 14.4 Å². The smallest absolute Gasteiger partial charge is 0.323 e. The molecule has 2 rings (SSSR count). The standard InChI is InChI=1S/C22H37N7O5/c1-5-12(3)15(23)20(31)33-8-7-14(10-34-21(32)16(24)13(4)6-2)9-29-11-26-17-18(29)27-22(25)28-19(17)30/h11-16H,5-10,23-24H2,1-4H3,(H3,25,27,28,30)/t12-,13-,14?,15-,16-/m0/s1. The second-order valence-electron chi connectivity index (χ2n) is 8.80. The molecule has 0 aromatic carbocycles. The molecule has 34 heavy (non-hydrogen) atoms. The summed E-state index contributed by atoms with van der Waals surface area (Å²) in [5.74, 6) is -1.30. The summed E-state index contributed by atoms with van der Waals surface area (Å²) in [5, 5.41) is 0. The zero-order valence-electron chi connectivity index (χ0n) is 20.3. The van der Waals surface area contributed by atoms with Crippen molar-refractivity contribution < 1.29 is 19.1 Å². The largest absolute Gasteiger partial charge is 0.465 e. The number of imidazole rings is 1. The Kier molecular flexibility index (Phi) is 9.99. The van der Waals surface area contributed by atoms with Crippen LogP contribution >= 0.6 is 0 Å². The molecule has 12 nitrogen and oxygen atoms in total. The number of carbonyl (C=O) groups is 2. The maximum absolute atomic E-state index is 12.4. The van der Waals surface area contributed by atoms with E-state index in [1.165, 1.54) is 6.33 Å². The van der Waals surface area contributed by atoms with Crippen molar-refractivity contribution in [3.8, 4) is 0 Å². The Bertz CT molecular complexity index is 1020. The summed E-state index contributed by atoms with van der Waals surface area (Å²) in [6.45, 7) is 8.10. The number of aromatic amines is 1. The van der Waals surface area contributed by atoms with E-state index in [-0.39, 0.29) is 42.4 Å². The monoisotopic (exact) mass is 479 g/mol. The first-order chi connectivity index (χ1) is 16.1. The molecule has 0 aliphatic heterocycles. The van der Waals surface area contributed by atoms with Crippen LogP contribution in [0.25, 0.3) is 11.2 Å². The molecule has 190 valence electrons. The van der Waals surface area contributed by atoms with Gasteiger partial charge >= 0.3 is 11.9 Å². The number of hydrogen-bond donors (Lipinski definition) is 4. The first-order valence-corrected chi connectivity index (χ1v) is 11.6. The van der Waals surface area contributed by atoms with Crippen LogP contribution in [0.3, 0.4) is 0 Å². The summed E-state index contributed by atoms with van der Waals surface area (Å²) in [7, 11) is 0. The van der Waals surface area contributed by atoms with Crippen LogP contribution < -0.4 is 22.8 Å². The molecule has 2 aromatic rings. The van der Waals surface area contributed by atoms with Gasteiger partial charge < -0.3 is 31.2 Å². The van der Waals surface area contributed by atoms with Gasteiger partial charge in [0.15, 0.2) is 11.2 Å². The van der Waals surface area contributed by atoms with Crippen molar-refractivity contribution in [2.24, 2.45) is 29.2 Å². The highest BCUT2D eigenvalue weighted by atomic mass is 16.5. The summed E-state index contributed by atoms with van der Waals surface area (Å²) < 4.78 is 12.5. The van der Waals surface area contributed by atoms with Gasteiger partial charge in [0, 0.05) is 12.5 Å². The van der Waals surface area contributed by atoms with E-state index >= 15 is 0 Å². The summed E-state index contributed by atoms with van der Waals surface area (Å²) in [4.78, 5) is 47.3. The second-order valence-corrected chi connectivity index (χ2v) is 8.80. The van der Waals surface area contributed by atoms with Gasteiger partial charge in [0.05, 0.1) is 19.5 Å². The molecule has 2 aromatic heterocycles. The van der Waals surface area contributed by atoms with E-state index in [0.717, 1.165) is 12.8 Å². The fraction of sp³-hybridized carbons (Fsp3) is 0.682. The van der Waals surface area contributed by atoms with Crippen LogP contribution in [-0.4, -0.2) is 56.8 Å². The van der Waals surface area contributed by atoms with Crippen molar-refractivity contribution in [2.75, 3.05) is 18.9 Å².